The fraction of sp³-hybridized carbons (Fsp3) is 0.451. The van der Waals surface area contributed by atoms with Crippen LogP contribution >= 0.6 is 0 Å². The van der Waals surface area contributed by atoms with Crippen LogP contribution in [0.3, 0.4) is 0 Å². The van der Waals surface area contributed by atoms with Gasteiger partial charge in [0.1, 0.15) is 12.0 Å². The van der Waals surface area contributed by atoms with Crippen LogP contribution < -0.4 is 15.9 Å². The number of methoxy groups -OCH3 is 1. The van der Waals surface area contributed by atoms with Crippen molar-refractivity contribution in [2.24, 2.45) is 5.41 Å². The number of hydrogen-bond donors (Lipinski definition) is 0. The summed E-state index contributed by atoms with van der Waals surface area (Å²) in [6.07, 6.45) is -2.68. The minimum absolute atomic E-state index is 0.265. The van der Waals surface area contributed by atoms with E-state index in [-0.39, 0.29) is 5.04 Å². The van der Waals surface area contributed by atoms with Gasteiger partial charge in [-0.25, -0.2) is 18.2 Å². The van der Waals surface area contributed by atoms with Crippen LogP contribution in [0.25, 0.3) is 33.4 Å². The molecule has 6 aromatic rings. The van der Waals surface area contributed by atoms with Crippen molar-refractivity contribution < 1.29 is 26.8 Å². The van der Waals surface area contributed by atoms with Crippen LogP contribution in [-0.2, 0) is 15.6 Å². The van der Waals surface area contributed by atoms with Gasteiger partial charge in [-0.1, -0.05) is 143 Å². The van der Waals surface area contributed by atoms with Crippen LogP contribution in [0.1, 0.15) is 107 Å². The van der Waals surface area contributed by atoms with Gasteiger partial charge in [-0.2, -0.15) is 0 Å². The molecule has 6 rings (SSSR count). The molecule has 0 fully saturated rings. The number of fused-ring (bicyclic) bond motifs is 1. The molecule has 3 heterocycles. The number of hydrogen-bond acceptors (Lipinski definition) is 5. The first-order valence-corrected chi connectivity index (χ1v) is 26.1. The first-order chi connectivity index (χ1) is 29.2. The van der Waals surface area contributed by atoms with Gasteiger partial charge < -0.3 is 18.1 Å². The third-order valence-corrected chi connectivity index (χ3v) is 24.9. The lowest BCUT2D eigenvalue weighted by molar-refractivity contribution is 0.0114. The molecule has 62 heavy (non-hydrogen) atoms. The Morgan fingerprint density at radius 2 is 1.34 bits per heavy atom. The lowest BCUT2D eigenvalue weighted by Crippen LogP contribution is -2.67. The highest BCUT2D eigenvalue weighted by Gasteiger charge is 2.51. The minimum atomic E-state index is -3.29. The molecule has 0 radical (unpaired) electrons. The Hall–Kier alpha value is -4.30. The van der Waals surface area contributed by atoms with Gasteiger partial charge in [0.15, 0.2) is 13.6 Å². The van der Waals surface area contributed by atoms with Crippen molar-refractivity contribution in [3.63, 3.8) is 0 Å². The average Bonchev–Trinajstić information content (AvgIpc) is 3.83. The normalized spacial score (nSPS) is 14.2. The Bertz CT molecular complexity index is 2360. The van der Waals surface area contributed by atoms with Crippen LogP contribution in [-0.4, -0.2) is 51.1 Å². The highest BCUT2D eigenvalue weighted by atomic mass is 28.4. The molecule has 0 aliphatic rings. The van der Waals surface area contributed by atoms with Gasteiger partial charge in [0.05, 0.1) is 23.0 Å². The number of oxazole rings is 1. The average molecular weight is 882 g/mol. The predicted octanol–water partition coefficient (Wildman–Crippen LogP) is 12.8. The summed E-state index contributed by atoms with van der Waals surface area (Å²) in [6.45, 7) is 26.8. The molecular weight excluding hydrogens is 816 g/mol. The molecule has 0 bridgehead atoms. The van der Waals surface area contributed by atoms with Crippen LogP contribution in [0.2, 0.25) is 21.7 Å². The summed E-state index contributed by atoms with van der Waals surface area (Å²) in [5, 5.41) is 2.71. The highest BCUT2D eigenvalue weighted by molar-refractivity contribution is 6.99. The Morgan fingerprint density at radius 1 is 0.758 bits per heavy atom. The number of ether oxygens (including phenoxy) is 1. The molecule has 11 heteroatoms. The van der Waals surface area contributed by atoms with Gasteiger partial charge >= 0.3 is 0 Å². The summed E-state index contributed by atoms with van der Waals surface area (Å²) < 4.78 is 67.1. The molecule has 2 unspecified atom stereocenters. The zero-order valence-corrected chi connectivity index (χ0v) is 40.9. The van der Waals surface area contributed by atoms with Crippen LogP contribution in [0.5, 0.6) is 0 Å². The molecule has 0 N–H and O–H groups in total. The molecule has 0 amide bonds. The smallest absolute Gasteiger partial charge is 0.288 e. The fourth-order valence-electron chi connectivity index (χ4n) is 10.4. The molecule has 0 aliphatic heterocycles. The number of pyridine rings is 1. The van der Waals surface area contributed by atoms with E-state index in [4.69, 9.17) is 18.6 Å². The quantitative estimate of drug-likeness (QED) is 0.0854. The van der Waals surface area contributed by atoms with Gasteiger partial charge in [-0.3, -0.25) is 4.98 Å². The SMILES string of the molecule is COC(C)c1ncccc1-c1c(CC(C)(C)CO[Si](c2ccccc2)(c2ccccc2)C(C)(C)C)c2cc(-c3coc([Si](C(C)C)(C(C)C)C(C)C)n3)ccc2n1C(F)C(F)F. The Balaban J connectivity index is 1.59. The summed E-state index contributed by atoms with van der Waals surface area (Å²) in [4.78, 5) is 9.91. The molecule has 2 atom stereocenters. The monoisotopic (exact) mass is 881 g/mol. The maximum Gasteiger partial charge on any atom is 0.288 e. The van der Waals surface area contributed by atoms with Gasteiger partial charge in [-0.15, -0.1) is 0 Å². The van der Waals surface area contributed by atoms with E-state index in [0.29, 0.717) is 63.2 Å². The van der Waals surface area contributed by atoms with E-state index >= 15 is 4.39 Å². The van der Waals surface area contributed by atoms with E-state index in [9.17, 15) is 8.78 Å². The van der Waals surface area contributed by atoms with Crippen molar-refractivity contribution >= 4 is 43.2 Å². The predicted molar refractivity (Wildman–Crippen MR) is 254 cm³/mol. The number of alkyl halides is 3. The summed E-state index contributed by atoms with van der Waals surface area (Å²) >= 11 is 0. The van der Waals surface area contributed by atoms with Crippen molar-refractivity contribution in [2.45, 2.75) is 130 Å². The fourth-order valence-corrected chi connectivity index (χ4v) is 21.2. The number of nitrogens with zero attached hydrogens (tertiary/aromatic N) is 3. The topological polar surface area (TPSA) is 62.3 Å². The minimum Gasteiger partial charge on any atom is -0.453 e. The molecular formula is C51H66F3N3O3Si2. The summed E-state index contributed by atoms with van der Waals surface area (Å²) in [6, 6.07) is 30.1. The van der Waals surface area contributed by atoms with Gasteiger partial charge in [0.25, 0.3) is 14.7 Å². The molecule has 0 saturated heterocycles. The van der Waals surface area contributed by atoms with E-state index in [1.165, 1.54) is 4.57 Å². The maximum atomic E-state index is 16.5. The molecule has 0 saturated carbocycles. The zero-order chi connectivity index (χ0) is 45.4. The molecule has 6 nitrogen and oxygen atoms in total. The maximum absolute atomic E-state index is 16.5. The number of halogens is 3. The first-order valence-electron chi connectivity index (χ1n) is 22.0. The number of rotatable bonds is 17. The second-order valence-corrected chi connectivity index (χ2v) is 29.7. The second kappa shape index (κ2) is 18.4. The first kappa shape index (κ1) is 47.2. The Kier molecular flexibility index (Phi) is 14.0. The molecule has 3 aromatic carbocycles. The van der Waals surface area contributed by atoms with E-state index in [0.717, 1.165) is 27.0 Å². The number of benzene rings is 3. The van der Waals surface area contributed by atoms with Crippen LogP contribution in [0, 0.1) is 5.41 Å². The largest absolute Gasteiger partial charge is 0.453 e. The molecule has 0 spiro atoms. The van der Waals surface area contributed by atoms with E-state index in [2.05, 4.69) is 130 Å². The van der Waals surface area contributed by atoms with Crippen LogP contribution in [0.15, 0.2) is 108 Å². The van der Waals surface area contributed by atoms with Crippen molar-refractivity contribution in [2.75, 3.05) is 13.7 Å². The zero-order valence-electron chi connectivity index (χ0n) is 38.9. The molecule has 3 aromatic heterocycles. The number of aromatic nitrogens is 3. The van der Waals surface area contributed by atoms with Gasteiger partial charge in [0, 0.05) is 36.4 Å². The van der Waals surface area contributed by atoms with E-state index in [1.54, 1.807) is 31.7 Å². The lowest BCUT2D eigenvalue weighted by atomic mass is 9.84. The van der Waals surface area contributed by atoms with Gasteiger partial charge in [-0.05, 0) is 80.6 Å². The van der Waals surface area contributed by atoms with Crippen LogP contribution in [0.4, 0.5) is 13.2 Å². The lowest BCUT2D eigenvalue weighted by Gasteiger charge is -2.44. The third-order valence-electron chi connectivity index (χ3n) is 13.2. The van der Waals surface area contributed by atoms with Crippen molar-refractivity contribution in [3.05, 3.63) is 115 Å². The summed E-state index contributed by atoms with van der Waals surface area (Å²) in [5.74, 6) is 0. The summed E-state index contributed by atoms with van der Waals surface area (Å²) in [7, 11) is -3.62. The summed E-state index contributed by atoms with van der Waals surface area (Å²) in [5.41, 5.74) is 5.29. The van der Waals surface area contributed by atoms with E-state index < -0.39 is 40.6 Å². The van der Waals surface area contributed by atoms with Gasteiger partial charge in [0.2, 0.25) is 6.30 Å². The Labute approximate surface area is 369 Å². The molecule has 332 valence electrons. The van der Waals surface area contributed by atoms with Crippen molar-refractivity contribution in [3.8, 4) is 22.5 Å². The van der Waals surface area contributed by atoms with Crippen molar-refractivity contribution in [1.29, 1.82) is 0 Å². The highest BCUT2D eigenvalue weighted by Crippen LogP contribution is 2.46. The third kappa shape index (κ3) is 8.54. The second-order valence-electron chi connectivity index (χ2n) is 19.7. The van der Waals surface area contributed by atoms with Crippen molar-refractivity contribution in [1.82, 2.24) is 14.5 Å². The van der Waals surface area contributed by atoms with E-state index in [1.807, 2.05) is 37.3 Å². The standard InChI is InChI=1S/C51H66F3N3O3Si2/c1-33(2)61(34(3)4,35(5)6)49-56-43(31-59-49)37-26-27-44-41(29-37)42(46(57(44)48(54)47(52)53)40-25-20-28-55-45(40)36(7)58-13)30-51(11,12)32-60-62(50(8,9)10,38-21-16-14-17-22-38)39-23-18-15-19-24-39/h14-29,31,33-36,47-48H,30,32H2,1-13H3. The Morgan fingerprint density at radius 3 is 1.85 bits per heavy atom. The molecule has 0 aliphatic carbocycles.